The lowest BCUT2D eigenvalue weighted by atomic mass is 10.1. The summed E-state index contributed by atoms with van der Waals surface area (Å²) in [5.74, 6) is 0. The Morgan fingerprint density at radius 1 is 1.33 bits per heavy atom. The summed E-state index contributed by atoms with van der Waals surface area (Å²) in [4.78, 5) is 2.45. The highest BCUT2D eigenvalue weighted by Gasteiger charge is 2.22. The van der Waals surface area contributed by atoms with Crippen LogP contribution in [0.15, 0.2) is 18.2 Å². The van der Waals surface area contributed by atoms with Gasteiger partial charge in [0.25, 0.3) is 0 Å². The van der Waals surface area contributed by atoms with Crippen molar-refractivity contribution >= 4 is 17.3 Å². The van der Waals surface area contributed by atoms with Crippen LogP contribution in [0.4, 0.5) is 5.69 Å². The molecule has 18 heavy (non-hydrogen) atoms. The highest BCUT2D eigenvalue weighted by Crippen LogP contribution is 2.32. The van der Waals surface area contributed by atoms with Crippen molar-refractivity contribution < 1.29 is 5.11 Å². The summed E-state index contributed by atoms with van der Waals surface area (Å²) in [7, 11) is 0. The zero-order valence-electron chi connectivity index (χ0n) is 11.0. The molecule has 1 fully saturated rings. The van der Waals surface area contributed by atoms with Crippen LogP contribution in [0.25, 0.3) is 0 Å². The molecule has 1 atom stereocenters. The third kappa shape index (κ3) is 2.81. The predicted octanol–water partition coefficient (Wildman–Crippen LogP) is 3.99. The first-order valence-electron chi connectivity index (χ1n) is 6.92. The van der Waals surface area contributed by atoms with E-state index < -0.39 is 0 Å². The number of rotatable bonds is 3. The van der Waals surface area contributed by atoms with E-state index in [1.54, 1.807) is 0 Å². The van der Waals surface area contributed by atoms with Gasteiger partial charge in [-0.2, -0.15) is 0 Å². The number of anilines is 1. The topological polar surface area (TPSA) is 23.5 Å². The Morgan fingerprint density at radius 2 is 2.17 bits per heavy atom. The molecule has 1 aliphatic heterocycles. The second-order valence-electron chi connectivity index (χ2n) is 5.00. The fourth-order valence-corrected chi connectivity index (χ4v) is 3.12. The minimum absolute atomic E-state index is 0.0158. The zero-order chi connectivity index (χ0) is 13.0. The van der Waals surface area contributed by atoms with Gasteiger partial charge in [0.2, 0.25) is 0 Å². The number of aliphatic hydroxyl groups excluding tert-OH is 1. The van der Waals surface area contributed by atoms with Crippen molar-refractivity contribution in [3.63, 3.8) is 0 Å². The summed E-state index contributed by atoms with van der Waals surface area (Å²) in [5.41, 5.74) is 2.00. The molecule has 0 saturated carbocycles. The van der Waals surface area contributed by atoms with Crippen molar-refractivity contribution in [2.45, 2.75) is 51.7 Å². The van der Waals surface area contributed by atoms with Crippen LogP contribution < -0.4 is 4.90 Å². The predicted molar refractivity (Wildman–Crippen MR) is 77.3 cm³/mol. The van der Waals surface area contributed by atoms with Gasteiger partial charge in [0.15, 0.2) is 0 Å². The lowest BCUT2D eigenvalue weighted by molar-refractivity contribution is 0.282. The summed E-state index contributed by atoms with van der Waals surface area (Å²) >= 11 is 6.19. The molecule has 0 aromatic heterocycles. The van der Waals surface area contributed by atoms with Gasteiger partial charge >= 0.3 is 0 Å². The van der Waals surface area contributed by atoms with Gasteiger partial charge in [-0.3, -0.25) is 0 Å². The van der Waals surface area contributed by atoms with Crippen LogP contribution >= 0.6 is 11.6 Å². The molecule has 0 spiro atoms. The second-order valence-corrected chi connectivity index (χ2v) is 5.41. The third-order valence-corrected chi connectivity index (χ3v) is 4.26. The van der Waals surface area contributed by atoms with E-state index in [4.69, 9.17) is 11.6 Å². The summed E-state index contributed by atoms with van der Waals surface area (Å²) in [6, 6.07) is 6.51. The zero-order valence-corrected chi connectivity index (χ0v) is 11.8. The van der Waals surface area contributed by atoms with Gasteiger partial charge in [-0.15, -0.1) is 0 Å². The van der Waals surface area contributed by atoms with Crippen LogP contribution in [-0.4, -0.2) is 17.7 Å². The van der Waals surface area contributed by atoms with E-state index in [9.17, 15) is 5.11 Å². The Hall–Kier alpha value is -0.730. The maximum atomic E-state index is 9.55. The standard InChI is InChI=1S/C15H22ClNO/c1-2-12-7-4-3-5-10-17(12)15-9-6-8-14(16)13(15)11-18/h6,8-9,12,18H,2-5,7,10-11H2,1H3. The summed E-state index contributed by atoms with van der Waals surface area (Å²) in [6.45, 7) is 3.33. The molecule has 3 heteroatoms. The molecule has 2 nitrogen and oxygen atoms in total. The fraction of sp³-hybridized carbons (Fsp3) is 0.600. The summed E-state index contributed by atoms with van der Waals surface area (Å²) in [5, 5.41) is 10.2. The molecule has 1 unspecified atom stereocenters. The summed E-state index contributed by atoms with van der Waals surface area (Å²) < 4.78 is 0. The molecular weight excluding hydrogens is 246 g/mol. The van der Waals surface area contributed by atoms with Crippen molar-refractivity contribution in [3.05, 3.63) is 28.8 Å². The number of hydrogen-bond donors (Lipinski definition) is 1. The van der Waals surface area contributed by atoms with E-state index in [1.807, 2.05) is 12.1 Å². The van der Waals surface area contributed by atoms with Gasteiger partial charge in [-0.25, -0.2) is 0 Å². The van der Waals surface area contributed by atoms with Crippen LogP contribution in [-0.2, 0) is 6.61 Å². The first-order valence-corrected chi connectivity index (χ1v) is 7.30. The molecule has 1 saturated heterocycles. The minimum Gasteiger partial charge on any atom is -0.392 e. The van der Waals surface area contributed by atoms with Gasteiger partial charge in [-0.1, -0.05) is 37.4 Å². The second kappa shape index (κ2) is 6.44. The number of halogens is 1. The SMILES string of the molecule is CCC1CCCCCN1c1cccc(Cl)c1CO. The van der Waals surface area contributed by atoms with Crippen LogP contribution in [0.5, 0.6) is 0 Å². The van der Waals surface area contributed by atoms with Gasteiger partial charge in [0.1, 0.15) is 0 Å². The molecule has 100 valence electrons. The van der Waals surface area contributed by atoms with Crippen molar-refractivity contribution in [3.8, 4) is 0 Å². The molecule has 1 aromatic rings. The monoisotopic (exact) mass is 267 g/mol. The quantitative estimate of drug-likeness (QED) is 0.895. The average molecular weight is 268 g/mol. The van der Waals surface area contributed by atoms with E-state index in [-0.39, 0.29) is 6.61 Å². The van der Waals surface area contributed by atoms with E-state index in [0.717, 1.165) is 24.2 Å². The lowest BCUT2D eigenvalue weighted by Crippen LogP contribution is -2.35. The first-order chi connectivity index (χ1) is 8.77. The average Bonchev–Trinajstić information content (AvgIpc) is 2.63. The smallest absolute Gasteiger partial charge is 0.0716 e. The van der Waals surface area contributed by atoms with Crippen molar-refractivity contribution in [2.75, 3.05) is 11.4 Å². The lowest BCUT2D eigenvalue weighted by Gasteiger charge is -2.33. The Morgan fingerprint density at radius 3 is 2.89 bits per heavy atom. The Labute approximate surface area is 115 Å². The molecule has 0 radical (unpaired) electrons. The molecular formula is C15H22ClNO. The Kier molecular flexibility index (Phi) is 4.90. The minimum atomic E-state index is 0.0158. The van der Waals surface area contributed by atoms with E-state index in [1.165, 1.54) is 25.7 Å². The highest BCUT2D eigenvalue weighted by atomic mass is 35.5. The molecule has 2 rings (SSSR count). The maximum absolute atomic E-state index is 9.55. The van der Waals surface area contributed by atoms with E-state index in [0.29, 0.717) is 11.1 Å². The molecule has 1 aromatic carbocycles. The van der Waals surface area contributed by atoms with Crippen molar-refractivity contribution in [1.29, 1.82) is 0 Å². The maximum Gasteiger partial charge on any atom is 0.0716 e. The fourth-order valence-electron chi connectivity index (χ4n) is 2.89. The molecule has 1 heterocycles. The van der Waals surface area contributed by atoms with E-state index >= 15 is 0 Å². The number of hydrogen-bond acceptors (Lipinski definition) is 2. The van der Waals surface area contributed by atoms with Crippen LogP contribution in [0.3, 0.4) is 0 Å². The molecule has 1 N–H and O–H groups in total. The normalized spacial score (nSPS) is 20.8. The molecule has 0 aliphatic carbocycles. The van der Waals surface area contributed by atoms with Gasteiger partial charge in [0, 0.05) is 28.9 Å². The van der Waals surface area contributed by atoms with Crippen molar-refractivity contribution in [1.82, 2.24) is 0 Å². The van der Waals surface area contributed by atoms with Crippen LogP contribution in [0.1, 0.15) is 44.6 Å². The van der Waals surface area contributed by atoms with Gasteiger partial charge in [-0.05, 0) is 31.4 Å². The Bertz CT molecular complexity index is 394. The van der Waals surface area contributed by atoms with Crippen LogP contribution in [0.2, 0.25) is 5.02 Å². The third-order valence-electron chi connectivity index (χ3n) is 3.91. The highest BCUT2D eigenvalue weighted by molar-refractivity contribution is 6.31. The van der Waals surface area contributed by atoms with E-state index in [2.05, 4.69) is 17.9 Å². The number of aliphatic hydroxyl groups is 1. The molecule has 1 aliphatic rings. The summed E-state index contributed by atoms with van der Waals surface area (Å²) in [6.07, 6.45) is 6.24. The van der Waals surface area contributed by atoms with Gasteiger partial charge in [0.05, 0.1) is 6.61 Å². The molecule has 0 bridgehead atoms. The largest absolute Gasteiger partial charge is 0.392 e. The van der Waals surface area contributed by atoms with Crippen LogP contribution in [0, 0.1) is 0 Å². The van der Waals surface area contributed by atoms with Crippen molar-refractivity contribution in [2.24, 2.45) is 0 Å². The van der Waals surface area contributed by atoms with Gasteiger partial charge < -0.3 is 10.0 Å². The number of nitrogens with zero attached hydrogens (tertiary/aromatic N) is 1. The molecule has 0 amide bonds. The Balaban J connectivity index is 2.35. The first kappa shape index (κ1) is 13.7. The number of benzene rings is 1.